The van der Waals surface area contributed by atoms with E-state index in [2.05, 4.69) is 31.4 Å². The molecule has 1 amide bonds. The molecule has 6 rings (SSSR count). The Kier molecular flexibility index (Phi) is 5.49. The molecule has 0 spiro atoms. The maximum absolute atomic E-state index is 13.2. The zero-order chi connectivity index (χ0) is 25.4. The number of H-pyrrole nitrogens is 1. The number of carbonyl (C=O) groups is 1. The first kappa shape index (κ1) is 22.3. The van der Waals surface area contributed by atoms with E-state index in [1.165, 1.54) is 23.5 Å². The van der Waals surface area contributed by atoms with Crippen LogP contribution >= 0.6 is 0 Å². The van der Waals surface area contributed by atoms with Crippen LogP contribution in [0.25, 0.3) is 28.4 Å². The van der Waals surface area contributed by atoms with E-state index in [1.807, 2.05) is 17.0 Å². The summed E-state index contributed by atoms with van der Waals surface area (Å²) in [4.78, 5) is 38.2. The number of nitrogens with one attached hydrogen (secondary N) is 2. The van der Waals surface area contributed by atoms with Crippen molar-refractivity contribution in [1.29, 1.82) is 5.26 Å². The van der Waals surface area contributed by atoms with Crippen LogP contribution in [0.4, 0.5) is 11.6 Å². The number of furan rings is 1. The fourth-order valence-corrected chi connectivity index (χ4v) is 4.48. The number of piperidine rings is 1. The number of hydrogen-bond donors (Lipinski definition) is 2. The molecule has 12 heteroatoms. The standard InChI is InChI=1S/C25H20N8O4/c26-12-18-25(37-24(31-18)20-6-3-11-36-20)32-9-7-15(8-10-32)22(34)30-17-4-1-2-5-19(17)33-21-16(13-29-33)23(35)28-14-27-21/h1-6,11,13-15H,7-10H2,(H,30,34)(H,27,28,35). The Balaban J connectivity index is 1.17. The third-order valence-electron chi connectivity index (χ3n) is 6.36. The number of amides is 1. The lowest BCUT2D eigenvalue weighted by Crippen LogP contribution is -2.38. The van der Waals surface area contributed by atoms with Gasteiger partial charge in [-0.1, -0.05) is 12.1 Å². The second-order valence-corrected chi connectivity index (χ2v) is 8.55. The molecule has 1 fully saturated rings. The summed E-state index contributed by atoms with van der Waals surface area (Å²) in [6.07, 6.45) is 5.42. The Morgan fingerprint density at radius 1 is 1.19 bits per heavy atom. The smallest absolute Gasteiger partial charge is 0.266 e. The number of oxazole rings is 1. The summed E-state index contributed by atoms with van der Waals surface area (Å²) < 4.78 is 12.7. The van der Waals surface area contributed by atoms with Gasteiger partial charge in [0.15, 0.2) is 11.4 Å². The summed E-state index contributed by atoms with van der Waals surface area (Å²) >= 11 is 0. The summed E-state index contributed by atoms with van der Waals surface area (Å²) in [6, 6.07) is 12.7. The van der Waals surface area contributed by atoms with Gasteiger partial charge < -0.3 is 24.0 Å². The molecule has 5 aromatic rings. The number of anilines is 2. The van der Waals surface area contributed by atoms with Crippen molar-refractivity contribution in [3.8, 4) is 23.4 Å². The van der Waals surface area contributed by atoms with Crippen molar-refractivity contribution in [2.75, 3.05) is 23.3 Å². The maximum atomic E-state index is 13.2. The second kappa shape index (κ2) is 9.12. The van der Waals surface area contributed by atoms with Gasteiger partial charge in [0.1, 0.15) is 11.5 Å². The number of rotatable bonds is 5. The first-order valence-electron chi connectivity index (χ1n) is 11.6. The molecule has 12 nitrogen and oxygen atoms in total. The van der Waals surface area contributed by atoms with Gasteiger partial charge in [-0.05, 0) is 37.1 Å². The lowest BCUT2D eigenvalue weighted by atomic mass is 9.95. The molecule has 0 radical (unpaired) electrons. The van der Waals surface area contributed by atoms with Crippen molar-refractivity contribution < 1.29 is 13.6 Å². The summed E-state index contributed by atoms with van der Waals surface area (Å²) in [5.74, 6) is 0.712. The lowest BCUT2D eigenvalue weighted by Gasteiger charge is -2.31. The average Bonchev–Trinajstić information content (AvgIpc) is 3.69. The van der Waals surface area contributed by atoms with Crippen LogP contribution in [-0.2, 0) is 4.79 Å². The number of nitriles is 1. The number of aromatic nitrogens is 5. The van der Waals surface area contributed by atoms with E-state index in [9.17, 15) is 14.9 Å². The topological polar surface area (TPSA) is 159 Å². The minimum Gasteiger partial charge on any atom is -0.459 e. The normalized spacial score (nSPS) is 14.1. The lowest BCUT2D eigenvalue weighted by molar-refractivity contribution is -0.120. The Morgan fingerprint density at radius 2 is 2.03 bits per heavy atom. The number of benzene rings is 1. The fourth-order valence-electron chi connectivity index (χ4n) is 4.48. The highest BCUT2D eigenvalue weighted by Gasteiger charge is 2.30. The molecule has 2 N–H and O–H groups in total. The quantitative estimate of drug-likeness (QED) is 0.373. The molecule has 184 valence electrons. The Labute approximate surface area is 209 Å². The van der Waals surface area contributed by atoms with E-state index in [0.717, 1.165) is 0 Å². The van der Waals surface area contributed by atoms with Crippen LogP contribution in [0, 0.1) is 17.2 Å². The van der Waals surface area contributed by atoms with Crippen molar-refractivity contribution >= 4 is 28.5 Å². The minimum absolute atomic E-state index is 0.122. The maximum Gasteiger partial charge on any atom is 0.266 e. The number of fused-ring (bicyclic) bond motifs is 1. The molecule has 1 aliphatic rings. The third-order valence-corrected chi connectivity index (χ3v) is 6.36. The molecule has 0 bridgehead atoms. The number of aromatic amines is 1. The van der Waals surface area contributed by atoms with Gasteiger partial charge in [0.05, 0.1) is 30.2 Å². The monoisotopic (exact) mass is 496 g/mol. The predicted octanol–water partition coefficient (Wildman–Crippen LogP) is 3.08. The number of carbonyl (C=O) groups excluding carboxylic acids is 1. The van der Waals surface area contributed by atoms with Gasteiger partial charge in [-0.25, -0.2) is 9.67 Å². The van der Waals surface area contributed by atoms with Crippen molar-refractivity contribution in [3.05, 3.63) is 71.2 Å². The predicted molar refractivity (Wildman–Crippen MR) is 132 cm³/mol. The van der Waals surface area contributed by atoms with Crippen LogP contribution < -0.4 is 15.8 Å². The molecular formula is C25H20N8O4. The second-order valence-electron chi connectivity index (χ2n) is 8.55. The average molecular weight is 496 g/mol. The molecule has 1 saturated heterocycles. The molecule has 0 aliphatic carbocycles. The molecule has 0 atom stereocenters. The number of nitrogens with zero attached hydrogens (tertiary/aromatic N) is 6. The van der Waals surface area contributed by atoms with Gasteiger partial charge in [0.25, 0.3) is 11.4 Å². The summed E-state index contributed by atoms with van der Waals surface area (Å²) in [6.45, 7) is 1.05. The highest BCUT2D eigenvalue weighted by Crippen LogP contribution is 2.32. The molecule has 1 aliphatic heterocycles. The van der Waals surface area contributed by atoms with Gasteiger partial charge in [0, 0.05) is 19.0 Å². The van der Waals surface area contributed by atoms with Crippen LogP contribution in [0.2, 0.25) is 0 Å². The van der Waals surface area contributed by atoms with E-state index >= 15 is 0 Å². The van der Waals surface area contributed by atoms with E-state index in [1.54, 1.807) is 24.3 Å². The van der Waals surface area contributed by atoms with Crippen LogP contribution in [0.15, 0.2) is 68.8 Å². The Bertz CT molecular complexity index is 1680. The van der Waals surface area contributed by atoms with Gasteiger partial charge in [-0.3, -0.25) is 9.59 Å². The van der Waals surface area contributed by atoms with E-state index < -0.39 is 0 Å². The molecule has 0 unspecified atom stereocenters. The first-order chi connectivity index (χ1) is 18.1. The van der Waals surface area contributed by atoms with Crippen molar-refractivity contribution in [2.45, 2.75) is 12.8 Å². The highest BCUT2D eigenvalue weighted by atomic mass is 16.4. The van der Waals surface area contributed by atoms with Crippen molar-refractivity contribution in [3.63, 3.8) is 0 Å². The molecule has 37 heavy (non-hydrogen) atoms. The first-order valence-corrected chi connectivity index (χ1v) is 11.6. The van der Waals surface area contributed by atoms with Crippen LogP contribution in [0.3, 0.4) is 0 Å². The van der Waals surface area contributed by atoms with Crippen LogP contribution in [-0.4, -0.2) is 43.7 Å². The van der Waals surface area contributed by atoms with Gasteiger partial charge in [-0.15, -0.1) is 0 Å². The largest absolute Gasteiger partial charge is 0.459 e. The zero-order valence-electron chi connectivity index (χ0n) is 19.4. The number of hydrogen-bond acceptors (Lipinski definition) is 9. The zero-order valence-corrected chi connectivity index (χ0v) is 19.4. The third kappa shape index (κ3) is 4.02. The van der Waals surface area contributed by atoms with Gasteiger partial charge in [0.2, 0.25) is 17.5 Å². The molecular weight excluding hydrogens is 476 g/mol. The molecule has 1 aromatic carbocycles. The van der Waals surface area contributed by atoms with E-state index in [0.29, 0.717) is 60.0 Å². The number of para-hydroxylation sites is 2. The van der Waals surface area contributed by atoms with E-state index in [4.69, 9.17) is 8.83 Å². The van der Waals surface area contributed by atoms with Crippen LogP contribution in [0.1, 0.15) is 18.5 Å². The summed E-state index contributed by atoms with van der Waals surface area (Å²) in [5, 5.41) is 17.2. The van der Waals surface area contributed by atoms with Crippen molar-refractivity contribution in [2.24, 2.45) is 5.92 Å². The summed E-state index contributed by atoms with van der Waals surface area (Å²) in [5.41, 5.74) is 1.46. The van der Waals surface area contributed by atoms with Crippen LogP contribution in [0.5, 0.6) is 0 Å². The van der Waals surface area contributed by atoms with E-state index in [-0.39, 0.29) is 29.0 Å². The minimum atomic E-state index is -0.285. The van der Waals surface area contributed by atoms with Crippen molar-refractivity contribution in [1.82, 2.24) is 24.7 Å². The Morgan fingerprint density at radius 3 is 2.81 bits per heavy atom. The van der Waals surface area contributed by atoms with Gasteiger partial charge >= 0.3 is 0 Å². The fraction of sp³-hybridized carbons (Fsp3) is 0.200. The Hall–Kier alpha value is -5.18. The molecule has 0 saturated carbocycles. The van der Waals surface area contributed by atoms with Gasteiger partial charge in [-0.2, -0.15) is 15.3 Å². The summed E-state index contributed by atoms with van der Waals surface area (Å²) in [7, 11) is 0. The molecule has 5 heterocycles. The molecule has 4 aromatic heterocycles. The highest BCUT2D eigenvalue weighted by molar-refractivity contribution is 5.95. The SMILES string of the molecule is N#Cc1nc(-c2ccco2)oc1N1CCC(C(=O)Nc2ccccc2-n2ncc3c(=O)[nH]cnc32)CC1.